The van der Waals surface area contributed by atoms with Crippen molar-refractivity contribution in [3.63, 3.8) is 0 Å². The maximum Gasteiger partial charge on any atom is 0.129 e. The van der Waals surface area contributed by atoms with Gasteiger partial charge in [0.15, 0.2) is 0 Å². The highest BCUT2D eigenvalue weighted by Gasteiger charge is 2.25. The van der Waals surface area contributed by atoms with Crippen molar-refractivity contribution in [3.8, 4) is 0 Å². The van der Waals surface area contributed by atoms with Crippen molar-refractivity contribution in [2.75, 3.05) is 26.2 Å². The molecule has 1 aromatic carbocycles. The summed E-state index contributed by atoms with van der Waals surface area (Å²) in [5.41, 5.74) is 0.595. The molecule has 1 heterocycles. The summed E-state index contributed by atoms with van der Waals surface area (Å²) in [5.74, 6) is -0.230. The second-order valence-corrected chi connectivity index (χ2v) is 5.16. The number of rotatable bonds is 6. The summed E-state index contributed by atoms with van der Waals surface area (Å²) >= 11 is 0. The zero-order valence-corrected chi connectivity index (χ0v) is 11.7. The summed E-state index contributed by atoms with van der Waals surface area (Å²) in [4.78, 5) is 2.13. The molecule has 20 heavy (non-hydrogen) atoms. The Bertz CT molecular complexity index is 438. The number of hydrogen-bond acceptors (Lipinski definition) is 3. The van der Waals surface area contributed by atoms with Gasteiger partial charge in [-0.1, -0.05) is 24.3 Å². The second kappa shape index (κ2) is 7.53. The van der Waals surface area contributed by atoms with Gasteiger partial charge in [-0.25, -0.2) is 4.39 Å². The Kier molecular flexibility index (Phi) is 5.71. The van der Waals surface area contributed by atoms with E-state index in [1.165, 1.54) is 6.07 Å². The number of allylic oxidation sites excluding steroid dienone is 1. The van der Waals surface area contributed by atoms with Crippen LogP contribution in [0.4, 0.5) is 4.39 Å². The highest BCUT2D eigenvalue weighted by Crippen LogP contribution is 2.24. The molecule has 1 aliphatic rings. The van der Waals surface area contributed by atoms with Crippen LogP contribution < -0.4 is 0 Å². The number of aliphatic hydroxyl groups excluding tert-OH is 1. The summed E-state index contributed by atoms with van der Waals surface area (Å²) in [5, 5.41) is 9.94. The first kappa shape index (κ1) is 15.2. The van der Waals surface area contributed by atoms with Gasteiger partial charge in [-0.3, -0.25) is 4.90 Å². The van der Waals surface area contributed by atoms with Gasteiger partial charge >= 0.3 is 0 Å². The van der Waals surface area contributed by atoms with E-state index in [2.05, 4.69) is 11.5 Å². The van der Waals surface area contributed by atoms with E-state index in [-0.39, 0.29) is 18.0 Å². The zero-order valence-electron chi connectivity index (χ0n) is 11.7. The lowest BCUT2D eigenvalue weighted by atomic mass is 10.1. The van der Waals surface area contributed by atoms with Crippen LogP contribution in [-0.4, -0.2) is 42.4 Å². The van der Waals surface area contributed by atoms with E-state index < -0.39 is 0 Å². The third kappa shape index (κ3) is 4.13. The molecule has 0 bridgehead atoms. The van der Waals surface area contributed by atoms with Crippen molar-refractivity contribution in [1.82, 2.24) is 4.90 Å². The molecule has 1 saturated heterocycles. The molecule has 3 nitrogen and oxygen atoms in total. The molecule has 2 rings (SSSR count). The quantitative estimate of drug-likeness (QED) is 0.812. The predicted octanol–water partition coefficient (Wildman–Crippen LogP) is 2.53. The van der Waals surface area contributed by atoms with Crippen LogP contribution in [0.2, 0.25) is 0 Å². The average molecular weight is 279 g/mol. The molecule has 1 fully saturated rings. The maximum absolute atomic E-state index is 13.8. The summed E-state index contributed by atoms with van der Waals surface area (Å²) in [6.07, 6.45) is 2.71. The van der Waals surface area contributed by atoms with Crippen molar-refractivity contribution in [3.05, 3.63) is 48.3 Å². The number of hydrogen-bond donors (Lipinski definition) is 1. The van der Waals surface area contributed by atoms with Crippen LogP contribution in [0.15, 0.2) is 36.9 Å². The van der Waals surface area contributed by atoms with E-state index in [0.29, 0.717) is 31.7 Å². The molecule has 0 aliphatic carbocycles. The van der Waals surface area contributed by atoms with E-state index in [0.717, 1.165) is 13.0 Å². The third-order valence-electron chi connectivity index (χ3n) is 3.58. The molecule has 1 aromatic rings. The van der Waals surface area contributed by atoms with E-state index in [1.807, 2.05) is 12.1 Å². The van der Waals surface area contributed by atoms with Gasteiger partial charge in [0.05, 0.1) is 18.8 Å². The Morgan fingerprint density at radius 2 is 2.30 bits per heavy atom. The molecule has 2 atom stereocenters. The molecule has 0 amide bonds. The van der Waals surface area contributed by atoms with Crippen LogP contribution in [0.1, 0.15) is 24.5 Å². The second-order valence-electron chi connectivity index (χ2n) is 5.16. The lowest BCUT2D eigenvalue weighted by Crippen LogP contribution is -2.42. The van der Waals surface area contributed by atoms with E-state index >= 15 is 0 Å². The van der Waals surface area contributed by atoms with E-state index in [9.17, 15) is 9.50 Å². The smallest absolute Gasteiger partial charge is 0.129 e. The van der Waals surface area contributed by atoms with Crippen molar-refractivity contribution in [2.45, 2.75) is 25.0 Å². The molecule has 0 radical (unpaired) electrons. The largest absolute Gasteiger partial charge is 0.392 e. The molecule has 0 aromatic heterocycles. The summed E-state index contributed by atoms with van der Waals surface area (Å²) in [6.45, 7) is 6.21. The number of nitrogens with zero attached hydrogens (tertiary/aromatic N) is 1. The third-order valence-corrected chi connectivity index (χ3v) is 3.58. The summed E-state index contributed by atoms with van der Waals surface area (Å²) in [6, 6.07) is 6.71. The summed E-state index contributed by atoms with van der Waals surface area (Å²) < 4.78 is 19.4. The van der Waals surface area contributed by atoms with E-state index in [4.69, 9.17) is 4.74 Å². The van der Waals surface area contributed by atoms with Gasteiger partial charge in [0, 0.05) is 25.2 Å². The number of β-amino-alcohol motifs (C(OH)–C–C–N with tert-alkyl or cyclic N) is 1. The minimum atomic E-state index is -0.368. The van der Waals surface area contributed by atoms with Gasteiger partial charge in [-0.2, -0.15) is 0 Å². The molecule has 1 N–H and O–H groups in total. The van der Waals surface area contributed by atoms with Crippen LogP contribution >= 0.6 is 0 Å². The van der Waals surface area contributed by atoms with Gasteiger partial charge in [-0.05, 0) is 18.9 Å². The summed E-state index contributed by atoms with van der Waals surface area (Å²) in [7, 11) is 0. The van der Waals surface area contributed by atoms with Gasteiger partial charge in [0.2, 0.25) is 0 Å². The molecule has 1 aliphatic heterocycles. The van der Waals surface area contributed by atoms with Crippen LogP contribution in [0.3, 0.4) is 0 Å². The molecule has 2 unspecified atom stereocenters. The normalized spacial score (nSPS) is 21.6. The minimum absolute atomic E-state index is 0.230. The standard InChI is InChI=1S/C16H22FNO2/c1-2-3-6-13(19)11-18-9-10-20-16(12-18)14-7-4-5-8-15(14)17/h2,4-5,7-8,13,16,19H,1,3,6,9-12H2. The molecule has 110 valence electrons. The highest BCUT2D eigenvalue weighted by molar-refractivity contribution is 5.20. The molecular weight excluding hydrogens is 257 g/mol. The topological polar surface area (TPSA) is 32.7 Å². The minimum Gasteiger partial charge on any atom is -0.392 e. The number of morpholine rings is 1. The SMILES string of the molecule is C=CCCC(O)CN1CCOC(c2ccccc2F)C1. The lowest BCUT2D eigenvalue weighted by molar-refractivity contribution is -0.0439. The van der Waals surface area contributed by atoms with Gasteiger partial charge < -0.3 is 9.84 Å². The van der Waals surface area contributed by atoms with Crippen molar-refractivity contribution in [2.24, 2.45) is 0 Å². The monoisotopic (exact) mass is 279 g/mol. The van der Waals surface area contributed by atoms with E-state index in [1.54, 1.807) is 12.1 Å². The molecule has 0 saturated carbocycles. The maximum atomic E-state index is 13.8. The Morgan fingerprint density at radius 3 is 3.05 bits per heavy atom. The number of halogens is 1. The predicted molar refractivity (Wildman–Crippen MR) is 77.0 cm³/mol. The lowest BCUT2D eigenvalue weighted by Gasteiger charge is -2.34. The fourth-order valence-corrected chi connectivity index (χ4v) is 2.49. The van der Waals surface area contributed by atoms with Crippen LogP contribution in [0.5, 0.6) is 0 Å². The fourth-order valence-electron chi connectivity index (χ4n) is 2.49. The number of benzene rings is 1. The molecular formula is C16H22FNO2. The number of aliphatic hydroxyl groups is 1. The van der Waals surface area contributed by atoms with Crippen molar-refractivity contribution >= 4 is 0 Å². The first-order valence-electron chi connectivity index (χ1n) is 7.08. The van der Waals surface area contributed by atoms with Gasteiger partial charge in [0.25, 0.3) is 0 Å². The van der Waals surface area contributed by atoms with Crippen molar-refractivity contribution < 1.29 is 14.2 Å². The Hall–Kier alpha value is -1.23. The Morgan fingerprint density at radius 1 is 1.50 bits per heavy atom. The molecule has 0 spiro atoms. The van der Waals surface area contributed by atoms with Crippen LogP contribution in [-0.2, 0) is 4.74 Å². The zero-order chi connectivity index (χ0) is 14.4. The number of ether oxygens (including phenoxy) is 1. The van der Waals surface area contributed by atoms with Crippen molar-refractivity contribution in [1.29, 1.82) is 0 Å². The Balaban J connectivity index is 1.92. The van der Waals surface area contributed by atoms with Gasteiger partial charge in [0.1, 0.15) is 5.82 Å². The van der Waals surface area contributed by atoms with Crippen LogP contribution in [0, 0.1) is 5.82 Å². The molecule has 4 heteroatoms. The Labute approximate surface area is 119 Å². The first-order chi connectivity index (χ1) is 9.70. The first-order valence-corrected chi connectivity index (χ1v) is 7.08. The average Bonchev–Trinajstić information content (AvgIpc) is 2.46. The fraction of sp³-hybridized carbons (Fsp3) is 0.500. The van der Waals surface area contributed by atoms with Crippen LogP contribution in [0.25, 0.3) is 0 Å². The van der Waals surface area contributed by atoms with Gasteiger partial charge in [-0.15, -0.1) is 6.58 Å². The highest BCUT2D eigenvalue weighted by atomic mass is 19.1.